The molecule has 2 aromatic heterocycles. The topological polar surface area (TPSA) is 69.2 Å². The number of halogens is 2. The average molecular weight is 422 g/mol. The Kier molecular flexibility index (Phi) is 4.42. The molecule has 2 N–H and O–H groups in total. The normalized spacial score (nSPS) is 32.7. The van der Waals surface area contributed by atoms with Gasteiger partial charge in [0.15, 0.2) is 0 Å². The first-order valence-corrected chi connectivity index (χ1v) is 10.9. The maximum absolute atomic E-state index is 13.3. The zero-order valence-electron chi connectivity index (χ0n) is 15.9. The number of carbonyl (C=O) groups excluding carboxylic acids is 1. The number of amides is 1. The predicted octanol–water partition coefficient (Wildman–Crippen LogP) is 4.52. The second-order valence-corrected chi connectivity index (χ2v) is 10.0. The largest absolute Gasteiger partial charge is 0.390 e. The Balaban J connectivity index is 1.38. The quantitative estimate of drug-likeness (QED) is 0.765. The van der Waals surface area contributed by atoms with Crippen LogP contribution in [0.3, 0.4) is 0 Å². The Hall–Kier alpha value is -1.30. The van der Waals surface area contributed by atoms with Gasteiger partial charge in [0.2, 0.25) is 5.91 Å². The minimum atomic E-state index is -0.552. The third-order valence-corrected chi connectivity index (χ3v) is 7.85. The van der Waals surface area contributed by atoms with E-state index in [1.807, 2.05) is 13.1 Å². The molecule has 4 bridgehead atoms. The molecule has 6 rings (SSSR count). The summed E-state index contributed by atoms with van der Waals surface area (Å²) >= 11 is 12.6. The average Bonchev–Trinajstić information content (AvgIpc) is 2.97. The van der Waals surface area contributed by atoms with Crippen molar-refractivity contribution < 1.29 is 9.90 Å². The molecule has 0 spiro atoms. The van der Waals surface area contributed by atoms with E-state index >= 15 is 0 Å². The summed E-state index contributed by atoms with van der Waals surface area (Å²) in [4.78, 5) is 22.8. The standard InChI is InChI=1S/C21H25Cl2N3O2/c1-11(15-8-24-20-18(15)19(23)16(22)9-25-20)2-17(27)26-10-13-3-12-4-14(26)7-21(28,5-12)6-13/h8-9,11-14,28H,2-7,10H2,1H3,(H,24,25). The van der Waals surface area contributed by atoms with Crippen LogP contribution in [0.25, 0.3) is 11.0 Å². The summed E-state index contributed by atoms with van der Waals surface area (Å²) in [6, 6.07) is 0.179. The fourth-order valence-corrected chi connectivity index (χ4v) is 6.48. The zero-order chi connectivity index (χ0) is 19.6. The second-order valence-electron chi connectivity index (χ2n) is 9.23. The number of aromatic amines is 1. The highest BCUT2D eigenvalue weighted by Gasteiger charge is 2.50. The molecule has 150 valence electrons. The highest BCUT2D eigenvalue weighted by Crippen LogP contribution is 2.50. The second kappa shape index (κ2) is 6.61. The number of fused-ring (bicyclic) bond motifs is 2. The molecular formula is C21H25Cl2N3O2. The van der Waals surface area contributed by atoms with Gasteiger partial charge in [-0.05, 0) is 55.4 Å². The number of H-pyrrole nitrogens is 1. The number of aliphatic hydroxyl groups is 1. The first kappa shape index (κ1) is 18.7. The molecule has 5 atom stereocenters. The van der Waals surface area contributed by atoms with Crippen LogP contribution in [-0.2, 0) is 4.79 Å². The summed E-state index contributed by atoms with van der Waals surface area (Å²) in [5.41, 5.74) is 1.11. The van der Waals surface area contributed by atoms with Crippen LogP contribution in [0.4, 0.5) is 0 Å². The van der Waals surface area contributed by atoms with Crippen molar-refractivity contribution in [1.82, 2.24) is 14.9 Å². The van der Waals surface area contributed by atoms with Crippen LogP contribution >= 0.6 is 23.2 Å². The monoisotopic (exact) mass is 421 g/mol. The highest BCUT2D eigenvalue weighted by molar-refractivity contribution is 6.45. The Morgan fingerprint density at radius 3 is 2.93 bits per heavy atom. The Morgan fingerprint density at radius 2 is 2.14 bits per heavy atom. The van der Waals surface area contributed by atoms with Gasteiger partial charge in [-0.25, -0.2) is 4.98 Å². The van der Waals surface area contributed by atoms with E-state index < -0.39 is 5.60 Å². The number of pyridine rings is 1. The van der Waals surface area contributed by atoms with Gasteiger partial charge < -0.3 is 15.0 Å². The first-order chi connectivity index (χ1) is 13.3. The van der Waals surface area contributed by atoms with Crippen molar-refractivity contribution in [2.24, 2.45) is 11.8 Å². The Bertz CT molecular complexity index is 945. The number of aromatic nitrogens is 2. The van der Waals surface area contributed by atoms with Gasteiger partial charge in [0.1, 0.15) is 5.65 Å². The van der Waals surface area contributed by atoms with E-state index in [9.17, 15) is 9.90 Å². The SMILES string of the molecule is CC(CC(=O)N1CC2CC3CC1CC(O)(C3)C2)c1c[nH]c2ncc(Cl)c(Cl)c12. The van der Waals surface area contributed by atoms with Crippen molar-refractivity contribution in [3.05, 3.63) is 28.0 Å². The van der Waals surface area contributed by atoms with Gasteiger partial charge in [-0.1, -0.05) is 30.1 Å². The van der Waals surface area contributed by atoms with Gasteiger partial charge in [0.25, 0.3) is 0 Å². The molecule has 2 saturated carbocycles. The number of nitrogens with zero attached hydrogens (tertiary/aromatic N) is 2. The highest BCUT2D eigenvalue weighted by atomic mass is 35.5. The van der Waals surface area contributed by atoms with Crippen LogP contribution in [-0.4, -0.2) is 44.1 Å². The lowest BCUT2D eigenvalue weighted by atomic mass is 9.65. The van der Waals surface area contributed by atoms with Crippen LogP contribution in [0.1, 0.15) is 56.9 Å². The molecule has 7 heteroatoms. The van der Waals surface area contributed by atoms with E-state index in [4.69, 9.17) is 23.2 Å². The lowest BCUT2D eigenvalue weighted by molar-refractivity contribution is -0.135. The molecule has 0 radical (unpaired) electrons. The summed E-state index contributed by atoms with van der Waals surface area (Å²) in [6.07, 6.45) is 8.53. The molecule has 5 nitrogen and oxygen atoms in total. The number of carbonyl (C=O) groups is 1. The van der Waals surface area contributed by atoms with E-state index in [0.717, 1.165) is 49.6 Å². The number of hydrogen-bond donors (Lipinski definition) is 2. The van der Waals surface area contributed by atoms with Crippen molar-refractivity contribution in [2.75, 3.05) is 6.54 Å². The van der Waals surface area contributed by atoms with E-state index in [-0.39, 0.29) is 17.9 Å². The summed E-state index contributed by atoms with van der Waals surface area (Å²) < 4.78 is 0. The molecule has 1 amide bonds. The molecule has 4 fully saturated rings. The predicted molar refractivity (Wildman–Crippen MR) is 110 cm³/mol. The van der Waals surface area contributed by atoms with Crippen molar-refractivity contribution in [2.45, 2.75) is 63.0 Å². The summed E-state index contributed by atoms with van der Waals surface area (Å²) in [5.74, 6) is 1.17. The Morgan fingerprint density at radius 1 is 1.36 bits per heavy atom. The van der Waals surface area contributed by atoms with E-state index in [0.29, 0.717) is 33.9 Å². The number of hydrogen-bond acceptors (Lipinski definition) is 3. The van der Waals surface area contributed by atoms with Gasteiger partial charge in [0.05, 0.1) is 15.6 Å². The number of nitrogens with one attached hydrogen (secondary N) is 1. The number of rotatable bonds is 3. The minimum Gasteiger partial charge on any atom is -0.390 e. The smallest absolute Gasteiger partial charge is 0.223 e. The Labute approximate surface area is 174 Å². The van der Waals surface area contributed by atoms with E-state index in [1.54, 1.807) is 0 Å². The molecule has 5 unspecified atom stereocenters. The summed E-state index contributed by atoms with van der Waals surface area (Å²) in [7, 11) is 0. The van der Waals surface area contributed by atoms with Gasteiger partial charge in [-0.15, -0.1) is 0 Å². The molecule has 2 aromatic rings. The van der Waals surface area contributed by atoms with Crippen LogP contribution in [0.5, 0.6) is 0 Å². The van der Waals surface area contributed by atoms with Gasteiger partial charge in [0, 0.05) is 36.8 Å². The zero-order valence-corrected chi connectivity index (χ0v) is 17.4. The van der Waals surface area contributed by atoms with Crippen LogP contribution in [0.15, 0.2) is 12.4 Å². The van der Waals surface area contributed by atoms with Crippen molar-refractivity contribution >= 4 is 40.1 Å². The van der Waals surface area contributed by atoms with Crippen molar-refractivity contribution in [3.63, 3.8) is 0 Å². The first-order valence-electron chi connectivity index (χ1n) is 10.2. The van der Waals surface area contributed by atoms with Crippen molar-refractivity contribution in [3.8, 4) is 0 Å². The fraction of sp³-hybridized carbons (Fsp3) is 0.619. The maximum Gasteiger partial charge on any atom is 0.223 e. The molecule has 2 aliphatic carbocycles. The van der Waals surface area contributed by atoms with Crippen LogP contribution < -0.4 is 0 Å². The lowest BCUT2D eigenvalue weighted by Gasteiger charge is -2.45. The van der Waals surface area contributed by atoms with E-state index in [1.165, 1.54) is 6.20 Å². The molecule has 28 heavy (non-hydrogen) atoms. The molecule has 2 aliphatic heterocycles. The van der Waals surface area contributed by atoms with Gasteiger partial charge in [-0.2, -0.15) is 0 Å². The third-order valence-electron chi connectivity index (χ3n) is 7.08. The van der Waals surface area contributed by atoms with E-state index in [2.05, 4.69) is 14.9 Å². The fourth-order valence-electron chi connectivity index (χ4n) is 6.09. The van der Waals surface area contributed by atoms with Gasteiger partial charge in [-0.3, -0.25) is 4.79 Å². The summed E-state index contributed by atoms with van der Waals surface area (Å²) in [5, 5.41) is 12.6. The van der Waals surface area contributed by atoms with Gasteiger partial charge >= 0.3 is 0 Å². The minimum absolute atomic E-state index is 0.000237. The van der Waals surface area contributed by atoms with Crippen molar-refractivity contribution in [1.29, 1.82) is 0 Å². The molecule has 4 aliphatic rings. The molecule has 2 saturated heterocycles. The molecule has 4 heterocycles. The third kappa shape index (κ3) is 3.03. The lowest BCUT2D eigenvalue weighted by Crippen LogP contribution is -2.48. The molecular weight excluding hydrogens is 397 g/mol. The van der Waals surface area contributed by atoms with Crippen LogP contribution in [0.2, 0.25) is 10.0 Å². The molecule has 0 aromatic carbocycles. The van der Waals surface area contributed by atoms with Crippen LogP contribution in [0, 0.1) is 11.8 Å². The maximum atomic E-state index is 13.3. The summed E-state index contributed by atoms with van der Waals surface area (Å²) in [6.45, 7) is 2.84.